The molecule has 5 rings (SSSR count). The van der Waals surface area contributed by atoms with Crippen molar-refractivity contribution in [1.82, 2.24) is 14.3 Å². The Bertz CT molecular complexity index is 1230. The van der Waals surface area contributed by atoms with Crippen LogP contribution in [-0.4, -0.2) is 62.1 Å². The lowest BCUT2D eigenvalue weighted by Gasteiger charge is -2.30. The minimum absolute atomic E-state index is 0.306. The monoisotopic (exact) mass is 494 g/mol. The van der Waals surface area contributed by atoms with E-state index >= 15 is 0 Å². The van der Waals surface area contributed by atoms with Crippen LogP contribution in [0.3, 0.4) is 0 Å². The van der Waals surface area contributed by atoms with Gasteiger partial charge in [-0.2, -0.15) is 9.29 Å². The van der Waals surface area contributed by atoms with Crippen molar-refractivity contribution in [2.75, 3.05) is 54.9 Å². The zero-order valence-corrected chi connectivity index (χ0v) is 20.4. The number of anilines is 5. The molecule has 0 atom stereocenters. The van der Waals surface area contributed by atoms with E-state index in [0.717, 1.165) is 43.7 Å². The van der Waals surface area contributed by atoms with Crippen molar-refractivity contribution in [3.05, 3.63) is 60.8 Å². The topological polar surface area (TPSA) is 99.7 Å². The molecule has 0 unspecified atom stereocenters. The van der Waals surface area contributed by atoms with Crippen molar-refractivity contribution in [3.63, 3.8) is 0 Å². The Morgan fingerprint density at radius 3 is 2.20 bits per heavy atom. The van der Waals surface area contributed by atoms with E-state index in [4.69, 9.17) is 9.72 Å². The van der Waals surface area contributed by atoms with Crippen molar-refractivity contribution < 1.29 is 13.2 Å². The fourth-order valence-electron chi connectivity index (χ4n) is 4.32. The van der Waals surface area contributed by atoms with Gasteiger partial charge in [-0.15, -0.1) is 0 Å². The summed E-state index contributed by atoms with van der Waals surface area (Å²) < 4.78 is 32.9. The lowest BCUT2D eigenvalue weighted by Crippen LogP contribution is -2.36. The molecular weight excluding hydrogens is 464 g/mol. The first-order valence-corrected chi connectivity index (χ1v) is 13.4. The highest BCUT2D eigenvalue weighted by Crippen LogP contribution is 2.29. The smallest absolute Gasteiger partial charge is 0.243 e. The molecule has 1 aromatic heterocycles. The molecule has 3 heterocycles. The third-order valence-corrected chi connectivity index (χ3v) is 8.13. The lowest BCUT2D eigenvalue weighted by atomic mass is 10.2. The van der Waals surface area contributed by atoms with Crippen molar-refractivity contribution >= 4 is 38.9 Å². The first-order chi connectivity index (χ1) is 17.1. The van der Waals surface area contributed by atoms with Gasteiger partial charge in [0, 0.05) is 37.6 Å². The largest absolute Gasteiger partial charge is 0.378 e. The van der Waals surface area contributed by atoms with Crippen molar-refractivity contribution in [1.29, 1.82) is 0 Å². The van der Waals surface area contributed by atoms with E-state index in [-0.39, 0.29) is 0 Å². The number of morpholine rings is 1. The van der Waals surface area contributed by atoms with Crippen LogP contribution in [0.15, 0.2) is 65.7 Å². The summed E-state index contributed by atoms with van der Waals surface area (Å²) in [5.74, 6) is 1.12. The van der Waals surface area contributed by atoms with Gasteiger partial charge in [-0.3, -0.25) is 0 Å². The maximum atomic E-state index is 12.9. The highest BCUT2D eigenvalue weighted by atomic mass is 32.2. The Labute approximate surface area is 206 Å². The van der Waals surface area contributed by atoms with Gasteiger partial charge in [-0.1, -0.05) is 24.6 Å². The molecule has 0 radical (unpaired) electrons. The Balaban J connectivity index is 1.36. The summed E-state index contributed by atoms with van der Waals surface area (Å²) in [6.07, 6.45) is 4.72. The van der Waals surface area contributed by atoms with Crippen molar-refractivity contribution in [3.8, 4) is 0 Å². The molecular formula is C25H30N6O3S. The molecule has 2 aliphatic heterocycles. The molecule has 0 saturated carbocycles. The minimum atomic E-state index is -3.46. The first-order valence-electron chi connectivity index (χ1n) is 12.0. The van der Waals surface area contributed by atoms with Gasteiger partial charge in [-0.25, -0.2) is 13.4 Å². The fourth-order valence-corrected chi connectivity index (χ4v) is 5.83. The number of ether oxygens (including phenoxy) is 1. The van der Waals surface area contributed by atoms with E-state index in [2.05, 4.69) is 20.5 Å². The van der Waals surface area contributed by atoms with E-state index in [1.165, 1.54) is 0 Å². The molecule has 9 nitrogen and oxygen atoms in total. The van der Waals surface area contributed by atoms with Crippen LogP contribution in [0.1, 0.15) is 19.3 Å². The second-order valence-electron chi connectivity index (χ2n) is 8.63. The maximum Gasteiger partial charge on any atom is 0.243 e. The number of nitrogens with zero attached hydrogens (tertiary/aromatic N) is 4. The van der Waals surface area contributed by atoms with Gasteiger partial charge in [0.25, 0.3) is 0 Å². The normalized spacial score (nSPS) is 17.2. The molecule has 2 fully saturated rings. The zero-order valence-electron chi connectivity index (χ0n) is 19.6. The number of rotatable bonds is 7. The molecule has 0 amide bonds. The summed E-state index contributed by atoms with van der Waals surface area (Å²) in [7, 11) is -3.46. The van der Waals surface area contributed by atoms with Crippen LogP contribution in [0.4, 0.5) is 28.8 Å². The van der Waals surface area contributed by atoms with E-state index < -0.39 is 10.0 Å². The Morgan fingerprint density at radius 1 is 0.800 bits per heavy atom. The van der Waals surface area contributed by atoms with Crippen LogP contribution in [0.2, 0.25) is 0 Å². The SMILES string of the molecule is O=S(=O)(c1ccc(Nc2ncc(N3CCOCC3)c(Nc3ccccc3)n2)cc1)N1CCCCC1. The van der Waals surface area contributed by atoms with Crippen LogP contribution in [0, 0.1) is 0 Å². The second-order valence-corrected chi connectivity index (χ2v) is 10.6. The lowest BCUT2D eigenvalue weighted by molar-refractivity contribution is 0.122. The summed E-state index contributed by atoms with van der Waals surface area (Å²) in [6, 6.07) is 16.7. The molecule has 35 heavy (non-hydrogen) atoms. The maximum absolute atomic E-state index is 12.9. The van der Waals surface area contributed by atoms with E-state index in [1.54, 1.807) is 34.8 Å². The molecule has 10 heteroatoms. The summed E-state index contributed by atoms with van der Waals surface area (Å²) in [5, 5.41) is 6.61. The number of sulfonamides is 1. The van der Waals surface area contributed by atoms with Crippen LogP contribution in [0.25, 0.3) is 0 Å². The van der Waals surface area contributed by atoms with Crippen LogP contribution < -0.4 is 15.5 Å². The third-order valence-electron chi connectivity index (χ3n) is 6.22. The van der Waals surface area contributed by atoms with Gasteiger partial charge in [0.2, 0.25) is 16.0 Å². The van der Waals surface area contributed by atoms with Crippen LogP contribution in [0.5, 0.6) is 0 Å². The number of aromatic nitrogens is 2. The van der Waals surface area contributed by atoms with Crippen LogP contribution >= 0.6 is 0 Å². The van der Waals surface area contributed by atoms with Gasteiger partial charge in [0.15, 0.2) is 5.82 Å². The number of benzene rings is 2. The van der Waals surface area contributed by atoms with E-state index in [1.807, 2.05) is 30.3 Å². The molecule has 2 N–H and O–H groups in total. The molecule has 0 spiro atoms. The summed E-state index contributed by atoms with van der Waals surface area (Å²) in [5.41, 5.74) is 2.55. The predicted octanol–water partition coefficient (Wildman–Crippen LogP) is 3.98. The average molecular weight is 495 g/mol. The highest BCUT2D eigenvalue weighted by Gasteiger charge is 2.25. The molecule has 0 aliphatic carbocycles. The number of para-hydroxylation sites is 1. The highest BCUT2D eigenvalue weighted by molar-refractivity contribution is 7.89. The number of piperidine rings is 1. The van der Waals surface area contributed by atoms with E-state index in [0.29, 0.717) is 48.7 Å². The quantitative estimate of drug-likeness (QED) is 0.509. The Hall–Kier alpha value is -3.21. The average Bonchev–Trinajstić information content (AvgIpc) is 2.91. The van der Waals surface area contributed by atoms with Gasteiger partial charge in [-0.05, 0) is 49.2 Å². The minimum Gasteiger partial charge on any atom is -0.378 e. The Kier molecular flexibility index (Phi) is 7.12. The number of hydrogen-bond donors (Lipinski definition) is 2. The standard InChI is InChI=1S/C25H30N6O3S/c32-35(33,31-13-5-2-6-14-31)22-11-9-21(10-12-22)28-25-26-19-23(30-15-17-34-18-16-30)24(29-25)27-20-7-3-1-4-8-20/h1,3-4,7-12,19H,2,5-6,13-18H2,(H2,26,27,28,29). The molecule has 184 valence electrons. The zero-order chi connectivity index (χ0) is 24.1. The molecule has 3 aromatic rings. The van der Waals surface area contributed by atoms with Gasteiger partial charge in [0.05, 0.1) is 30.0 Å². The van der Waals surface area contributed by atoms with Gasteiger partial charge >= 0.3 is 0 Å². The van der Waals surface area contributed by atoms with Gasteiger partial charge in [0.1, 0.15) is 0 Å². The summed E-state index contributed by atoms with van der Waals surface area (Å²) >= 11 is 0. The van der Waals surface area contributed by atoms with Crippen molar-refractivity contribution in [2.24, 2.45) is 0 Å². The summed E-state index contributed by atoms with van der Waals surface area (Å²) in [6.45, 7) is 4.04. The fraction of sp³-hybridized carbons (Fsp3) is 0.360. The molecule has 2 saturated heterocycles. The van der Waals surface area contributed by atoms with Crippen molar-refractivity contribution in [2.45, 2.75) is 24.2 Å². The Morgan fingerprint density at radius 2 is 1.49 bits per heavy atom. The summed E-state index contributed by atoms with van der Waals surface area (Å²) in [4.78, 5) is 11.8. The van der Waals surface area contributed by atoms with Gasteiger partial charge < -0.3 is 20.3 Å². The second kappa shape index (κ2) is 10.6. The van der Waals surface area contributed by atoms with Crippen LogP contribution in [-0.2, 0) is 14.8 Å². The third kappa shape index (κ3) is 5.55. The molecule has 2 aliphatic rings. The number of hydrogen-bond acceptors (Lipinski definition) is 8. The van der Waals surface area contributed by atoms with E-state index in [9.17, 15) is 8.42 Å². The predicted molar refractivity (Wildman–Crippen MR) is 137 cm³/mol. The first kappa shape index (κ1) is 23.5. The number of nitrogens with one attached hydrogen (secondary N) is 2. The molecule has 2 aromatic carbocycles. The molecule has 0 bridgehead atoms.